The van der Waals surface area contributed by atoms with Crippen molar-refractivity contribution in [1.29, 1.82) is 0 Å². The van der Waals surface area contributed by atoms with Crippen molar-refractivity contribution in [2.75, 3.05) is 20.0 Å². The van der Waals surface area contributed by atoms with Gasteiger partial charge in [0.05, 0.1) is 14.2 Å². The molecule has 0 radical (unpaired) electrons. The van der Waals surface area contributed by atoms with E-state index >= 15 is 0 Å². The number of nitrogens with two attached hydrogens (primary N) is 2. The molecule has 1 heterocycles. The molecule has 112 valence electrons. The van der Waals surface area contributed by atoms with Gasteiger partial charge < -0.3 is 20.9 Å². The quantitative estimate of drug-likeness (QED) is 0.801. The Labute approximate surface area is 127 Å². The number of rotatable bonds is 3. The van der Waals surface area contributed by atoms with Gasteiger partial charge in [-0.05, 0) is 18.1 Å². The Bertz CT molecular complexity index is 756. The molecule has 0 saturated carbocycles. The van der Waals surface area contributed by atoms with Crippen molar-refractivity contribution in [1.82, 2.24) is 9.97 Å². The number of amides is 1. The van der Waals surface area contributed by atoms with Gasteiger partial charge in [0.15, 0.2) is 0 Å². The molecule has 0 aliphatic carbocycles. The molecule has 1 amide bonds. The molecule has 0 aliphatic heterocycles. The van der Waals surface area contributed by atoms with E-state index in [1.807, 2.05) is 0 Å². The SMILES string of the molecule is COc1cc(C#Cc2ncnc(N)c2C(N)=O)cc(OC)c1. The molecule has 1 aromatic heterocycles. The zero-order valence-electron chi connectivity index (χ0n) is 12.1. The van der Waals surface area contributed by atoms with E-state index < -0.39 is 5.91 Å². The number of anilines is 1. The number of carbonyl (C=O) groups excluding carboxylic acids is 1. The molecule has 0 aliphatic rings. The predicted molar refractivity (Wildman–Crippen MR) is 80.5 cm³/mol. The molecule has 0 spiro atoms. The maximum Gasteiger partial charge on any atom is 0.255 e. The van der Waals surface area contributed by atoms with Gasteiger partial charge in [-0.3, -0.25) is 4.79 Å². The third-order valence-electron chi connectivity index (χ3n) is 2.80. The fourth-order valence-electron chi connectivity index (χ4n) is 1.75. The average molecular weight is 298 g/mol. The number of methoxy groups -OCH3 is 2. The van der Waals surface area contributed by atoms with E-state index in [0.717, 1.165) is 0 Å². The van der Waals surface area contributed by atoms with Crippen LogP contribution in [0.2, 0.25) is 0 Å². The largest absolute Gasteiger partial charge is 0.497 e. The van der Waals surface area contributed by atoms with Crippen molar-refractivity contribution in [3.8, 4) is 23.3 Å². The van der Waals surface area contributed by atoms with Gasteiger partial charge in [-0.2, -0.15) is 0 Å². The van der Waals surface area contributed by atoms with Gasteiger partial charge in [-0.15, -0.1) is 0 Å². The molecule has 7 nitrogen and oxygen atoms in total. The van der Waals surface area contributed by atoms with Crippen molar-refractivity contribution < 1.29 is 14.3 Å². The molecule has 0 saturated heterocycles. The van der Waals surface area contributed by atoms with Gasteiger partial charge in [-0.1, -0.05) is 5.92 Å². The first-order valence-electron chi connectivity index (χ1n) is 6.20. The summed E-state index contributed by atoms with van der Waals surface area (Å²) in [5.41, 5.74) is 11.7. The standard InChI is InChI=1S/C15H14N4O3/c1-21-10-5-9(6-11(7-10)22-2)3-4-12-13(15(17)20)14(16)19-8-18-12/h5-8H,1-2H3,(H2,17,20)(H2,16,18,19). The maximum absolute atomic E-state index is 11.4. The smallest absolute Gasteiger partial charge is 0.255 e. The summed E-state index contributed by atoms with van der Waals surface area (Å²) in [6, 6.07) is 5.18. The van der Waals surface area contributed by atoms with Crippen LogP contribution in [0.4, 0.5) is 5.82 Å². The van der Waals surface area contributed by atoms with Gasteiger partial charge in [0, 0.05) is 11.6 Å². The summed E-state index contributed by atoms with van der Waals surface area (Å²) in [6.45, 7) is 0. The van der Waals surface area contributed by atoms with Gasteiger partial charge in [0.1, 0.15) is 34.9 Å². The second-order valence-corrected chi connectivity index (χ2v) is 4.20. The number of hydrogen-bond acceptors (Lipinski definition) is 6. The molecule has 2 rings (SSSR count). The Balaban J connectivity index is 2.47. The van der Waals surface area contributed by atoms with Crippen molar-refractivity contribution in [3.05, 3.63) is 41.3 Å². The topological polar surface area (TPSA) is 113 Å². The van der Waals surface area contributed by atoms with Crippen molar-refractivity contribution in [2.24, 2.45) is 5.73 Å². The minimum absolute atomic E-state index is 0.00450. The molecule has 22 heavy (non-hydrogen) atoms. The fourth-order valence-corrected chi connectivity index (χ4v) is 1.75. The zero-order chi connectivity index (χ0) is 16.1. The zero-order valence-corrected chi connectivity index (χ0v) is 12.1. The predicted octanol–water partition coefficient (Wildman–Crippen LogP) is 0.575. The lowest BCUT2D eigenvalue weighted by Gasteiger charge is -2.05. The molecule has 0 unspecified atom stereocenters. The van der Waals surface area contributed by atoms with E-state index in [1.54, 1.807) is 32.4 Å². The molecule has 2 aromatic rings. The summed E-state index contributed by atoms with van der Waals surface area (Å²) in [5, 5.41) is 0. The van der Waals surface area contributed by atoms with Crippen LogP contribution in [-0.4, -0.2) is 30.1 Å². The van der Waals surface area contributed by atoms with Crippen LogP contribution in [0.1, 0.15) is 21.6 Å². The van der Waals surface area contributed by atoms with E-state index in [-0.39, 0.29) is 17.1 Å². The maximum atomic E-state index is 11.4. The number of ether oxygens (including phenoxy) is 2. The minimum Gasteiger partial charge on any atom is -0.497 e. The first-order chi connectivity index (χ1) is 10.5. The van der Waals surface area contributed by atoms with Crippen LogP contribution in [0.15, 0.2) is 24.5 Å². The summed E-state index contributed by atoms with van der Waals surface area (Å²) < 4.78 is 10.3. The third kappa shape index (κ3) is 3.24. The molecule has 7 heteroatoms. The first-order valence-corrected chi connectivity index (χ1v) is 6.20. The van der Waals surface area contributed by atoms with Crippen LogP contribution >= 0.6 is 0 Å². The second kappa shape index (κ2) is 6.45. The average Bonchev–Trinajstić information content (AvgIpc) is 2.52. The van der Waals surface area contributed by atoms with Crippen molar-refractivity contribution in [3.63, 3.8) is 0 Å². The highest BCUT2D eigenvalue weighted by atomic mass is 16.5. The highest BCUT2D eigenvalue weighted by Crippen LogP contribution is 2.22. The number of nitrogen functional groups attached to an aromatic ring is 1. The van der Waals surface area contributed by atoms with Gasteiger partial charge in [0.25, 0.3) is 5.91 Å². The van der Waals surface area contributed by atoms with E-state index in [0.29, 0.717) is 17.1 Å². The fraction of sp³-hybridized carbons (Fsp3) is 0.133. The van der Waals surface area contributed by atoms with Crippen LogP contribution in [0.3, 0.4) is 0 Å². The highest BCUT2D eigenvalue weighted by molar-refractivity contribution is 5.99. The van der Waals surface area contributed by atoms with Gasteiger partial charge in [-0.25, -0.2) is 9.97 Å². The monoisotopic (exact) mass is 298 g/mol. The Morgan fingerprint density at radius 1 is 1.09 bits per heavy atom. The van der Waals surface area contributed by atoms with Crippen LogP contribution < -0.4 is 20.9 Å². The Morgan fingerprint density at radius 2 is 1.73 bits per heavy atom. The number of hydrogen-bond donors (Lipinski definition) is 2. The Kier molecular flexibility index (Phi) is 4.44. The van der Waals surface area contributed by atoms with Crippen LogP contribution in [0.5, 0.6) is 11.5 Å². The minimum atomic E-state index is -0.731. The Morgan fingerprint density at radius 3 is 2.27 bits per heavy atom. The lowest BCUT2D eigenvalue weighted by Crippen LogP contribution is -2.17. The number of carbonyl (C=O) groups is 1. The number of primary amides is 1. The summed E-state index contributed by atoms with van der Waals surface area (Å²) in [5.74, 6) is 6.09. The summed E-state index contributed by atoms with van der Waals surface area (Å²) in [7, 11) is 3.09. The molecule has 1 aromatic carbocycles. The van der Waals surface area contributed by atoms with E-state index in [9.17, 15) is 4.79 Å². The lowest BCUT2D eigenvalue weighted by molar-refractivity contribution is 0.100. The highest BCUT2D eigenvalue weighted by Gasteiger charge is 2.12. The summed E-state index contributed by atoms with van der Waals surface area (Å²) in [6.07, 6.45) is 1.22. The van der Waals surface area contributed by atoms with E-state index in [4.69, 9.17) is 20.9 Å². The van der Waals surface area contributed by atoms with Gasteiger partial charge >= 0.3 is 0 Å². The number of nitrogens with zero attached hydrogens (tertiary/aromatic N) is 2. The number of aromatic nitrogens is 2. The van der Waals surface area contributed by atoms with Crippen LogP contribution in [0, 0.1) is 11.8 Å². The Hall–Kier alpha value is -3.27. The van der Waals surface area contributed by atoms with E-state index in [2.05, 4.69) is 21.8 Å². The van der Waals surface area contributed by atoms with E-state index in [1.165, 1.54) is 6.33 Å². The normalized spacial score (nSPS) is 9.55. The molecule has 0 bridgehead atoms. The molecular weight excluding hydrogens is 284 g/mol. The molecular formula is C15H14N4O3. The molecule has 4 N–H and O–H groups in total. The molecule has 0 fully saturated rings. The first kappa shape index (κ1) is 15.1. The third-order valence-corrected chi connectivity index (χ3v) is 2.80. The van der Waals surface area contributed by atoms with Crippen LogP contribution in [-0.2, 0) is 0 Å². The number of benzene rings is 1. The summed E-state index contributed by atoms with van der Waals surface area (Å²) in [4.78, 5) is 19.1. The summed E-state index contributed by atoms with van der Waals surface area (Å²) >= 11 is 0. The second-order valence-electron chi connectivity index (χ2n) is 4.20. The lowest BCUT2D eigenvalue weighted by atomic mass is 10.1. The van der Waals surface area contributed by atoms with Crippen LogP contribution in [0.25, 0.3) is 0 Å². The van der Waals surface area contributed by atoms with Crippen molar-refractivity contribution in [2.45, 2.75) is 0 Å². The van der Waals surface area contributed by atoms with Crippen molar-refractivity contribution >= 4 is 11.7 Å². The van der Waals surface area contributed by atoms with Gasteiger partial charge in [0.2, 0.25) is 0 Å². The molecule has 0 atom stereocenters.